The second kappa shape index (κ2) is 10.4. The Morgan fingerprint density at radius 1 is 1.38 bits per heavy atom. The number of aliphatic imine (C=N–C) groups is 1. The molecule has 0 fully saturated rings. The Balaban J connectivity index is 0.00000338. The normalized spacial score (nSPS) is 10.8. The van der Waals surface area contributed by atoms with E-state index in [4.69, 9.17) is 15.2 Å². The number of nitrogens with zero attached hydrogens (tertiary/aromatic N) is 4. The molecule has 1 heterocycles. The second-order valence-corrected chi connectivity index (χ2v) is 5.04. The fourth-order valence-corrected chi connectivity index (χ4v) is 2.08. The fourth-order valence-electron chi connectivity index (χ4n) is 2.08. The summed E-state index contributed by atoms with van der Waals surface area (Å²) in [6.07, 6.45) is 2.56. The van der Waals surface area contributed by atoms with E-state index in [1.54, 1.807) is 20.3 Å². The molecule has 0 radical (unpaired) electrons. The molecule has 0 unspecified atom stereocenters. The Bertz CT molecular complexity index is 764. The van der Waals surface area contributed by atoms with Gasteiger partial charge in [0.05, 0.1) is 32.2 Å². The topological polar surface area (TPSA) is 130 Å². The number of benzene rings is 1. The van der Waals surface area contributed by atoms with Gasteiger partial charge < -0.3 is 20.5 Å². The van der Waals surface area contributed by atoms with Crippen LogP contribution >= 0.6 is 24.0 Å². The third-order valence-electron chi connectivity index (χ3n) is 3.36. The van der Waals surface area contributed by atoms with Crippen LogP contribution in [0.3, 0.4) is 0 Å². The molecular weight excluding hydrogens is 455 g/mol. The van der Waals surface area contributed by atoms with Crippen LogP contribution in [0.1, 0.15) is 5.56 Å². The van der Waals surface area contributed by atoms with Crippen molar-refractivity contribution in [2.75, 3.05) is 20.8 Å². The quantitative estimate of drug-likeness (QED) is 0.194. The maximum atomic E-state index is 10.6. The van der Waals surface area contributed by atoms with Crippen molar-refractivity contribution in [1.82, 2.24) is 15.1 Å². The van der Waals surface area contributed by atoms with E-state index in [1.807, 2.05) is 12.1 Å². The first-order chi connectivity index (χ1) is 12.0. The molecule has 0 aliphatic heterocycles. The first-order valence-electron chi connectivity index (χ1n) is 7.45. The van der Waals surface area contributed by atoms with E-state index in [2.05, 4.69) is 15.4 Å². The van der Waals surface area contributed by atoms with E-state index < -0.39 is 4.92 Å². The standard InChI is InChI=1S/C15H20N6O4.HI/c1-24-13-4-3-11(7-14(13)25-2)8-18-15(16)17-5-6-20-10-12(9-19-20)21(22)23;/h3-4,7,9-10H,5-6,8H2,1-2H3,(H3,16,17,18);1H. The van der Waals surface area contributed by atoms with E-state index >= 15 is 0 Å². The summed E-state index contributed by atoms with van der Waals surface area (Å²) < 4.78 is 11.9. The zero-order valence-electron chi connectivity index (χ0n) is 14.4. The lowest BCUT2D eigenvalue weighted by molar-refractivity contribution is -0.385. The van der Waals surface area contributed by atoms with E-state index in [9.17, 15) is 10.1 Å². The molecule has 0 bridgehead atoms. The largest absolute Gasteiger partial charge is 0.493 e. The Labute approximate surface area is 167 Å². The summed E-state index contributed by atoms with van der Waals surface area (Å²) in [5, 5.41) is 17.4. The minimum Gasteiger partial charge on any atom is -0.493 e. The lowest BCUT2D eigenvalue weighted by Gasteiger charge is -2.09. The van der Waals surface area contributed by atoms with Crippen LogP contribution in [0.2, 0.25) is 0 Å². The number of nitrogens with two attached hydrogens (primary N) is 1. The molecule has 1 aromatic carbocycles. The van der Waals surface area contributed by atoms with Gasteiger partial charge in [-0.3, -0.25) is 14.8 Å². The number of methoxy groups -OCH3 is 2. The number of halogens is 1. The van der Waals surface area contributed by atoms with Gasteiger partial charge in [0.1, 0.15) is 12.4 Å². The van der Waals surface area contributed by atoms with Crippen LogP contribution in [0.25, 0.3) is 0 Å². The second-order valence-electron chi connectivity index (χ2n) is 5.04. The monoisotopic (exact) mass is 476 g/mol. The van der Waals surface area contributed by atoms with Crippen molar-refractivity contribution in [3.8, 4) is 11.5 Å². The number of nitrogens with one attached hydrogen (secondary N) is 1. The Kier molecular flexibility index (Phi) is 8.61. The Morgan fingerprint density at radius 3 is 2.73 bits per heavy atom. The van der Waals surface area contributed by atoms with Crippen LogP contribution in [-0.4, -0.2) is 41.4 Å². The van der Waals surface area contributed by atoms with Gasteiger partial charge in [-0.25, -0.2) is 4.99 Å². The zero-order valence-corrected chi connectivity index (χ0v) is 16.7. The van der Waals surface area contributed by atoms with Gasteiger partial charge in [0.15, 0.2) is 17.5 Å². The lowest BCUT2D eigenvalue weighted by Crippen LogP contribution is -2.34. The van der Waals surface area contributed by atoms with Crippen molar-refractivity contribution in [1.29, 1.82) is 0 Å². The number of nitro groups is 1. The van der Waals surface area contributed by atoms with Crippen molar-refractivity contribution in [3.63, 3.8) is 0 Å². The summed E-state index contributed by atoms with van der Waals surface area (Å²) in [5.41, 5.74) is 6.69. The predicted octanol–water partition coefficient (Wildman–Crippen LogP) is 1.53. The Hall–Kier alpha value is -2.57. The van der Waals surface area contributed by atoms with Crippen LogP contribution in [-0.2, 0) is 13.1 Å². The first kappa shape index (κ1) is 21.5. The number of hydrogen-bond donors (Lipinski definition) is 2. The summed E-state index contributed by atoms with van der Waals surface area (Å²) in [5.74, 6) is 1.55. The molecule has 26 heavy (non-hydrogen) atoms. The minimum atomic E-state index is -0.490. The predicted molar refractivity (Wildman–Crippen MR) is 107 cm³/mol. The van der Waals surface area contributed by atoms with Crippen molar-refractivity contribution in [3.05, 3.63) is 46.3 Å². The zero-order chi connectivity index (χ0) is 18.2. The number of rotatable bonds is 8. The van der Waals surface area contributed by atoms with E-state index in [0.29, 0.717) is 31.1 Å². The van der Waals surface area contributed by atoms with E-state index in [0.717, 1.165) is 5.56 Å². The number of guanidine groups is 1. The summed E-state index contributed by atoms with van der Waals surface area (Å²) in [7, 11) is 3.15. The molecule has 0 amide bonds. The maximum Gasteiger partial charge on any atom is 0.306 e. The highest BCUT2D eigenvalue weighted by Gasteiger charge is 2.08. The van der Waals surface area contributed by atoms with Crippen LogP contribution in [0.15, 0.2) is 35.6 Å². The first-order valence-corrected chi connectivity index (χ1v) is 7.45. The summed E-state index contributed by atoms with van der Waals surface area (Å²) >= 11 is 0. The van der Waals surface area contributed by atoms with Gasteiger partial charge in [0.25, 0.3) is 0 Å². The summed E-state index contributed by atoms with van der Waals surface area (Å²) in [6.45, 7) is 1.26. The Morgan fingerprint density at radius 2 is 2.12 bits per heavy atom. The third-order valence-corrected chi connectivity index (χ3v) is 3.36. The molecule has 0 spiro atoms. The average Bonchev–Trinajstić information content (AvgIpc) is 3.09. The molecule has 10 nitrogen and oxygen atoms in total. The highest BCUT2D eigenvalue weighted by atomic mass is 127. The minimum absolute atomic E-state index is 0. The maximum absolute atomic E-state index is 10.6. The summed E-state index contributed by atoms with van der Waals surface area (Å²) in [4.78, 5) is 14.3. The lowest BCUT2D eigenvalue weighted by atomic mass is 10.2. The van der Waals surface area contributed by atoms with E-state index in [-0.39, 0.29) is 35.6 Å². The molecule has 0 atom stereocenters. The molecule has 142 valence electrons. The van der Waals surface area contributed by atoms with Crippen molar-refractivity contribution in [2.24, 2.45) is 10.7 Å². The van der Waals surface area contributed by atoms with Crippen LogP contribution in [0.4, 0.5) is 5.69 Å². The SMILES string of the molecule is COc1ccc(CN=C(N)NCCn2cc([N+](=O)[O-])cn2)cc1OC.I. The molecule has 2 rings (SSSR count). The van der Waals surface area contributed by atoms with Crippen molar-refractivity contribution < 1.29 is 14.4 Å². The molecule has 2 aromatic rings. The highest BCUT2D eigenvalue weighted by molar-refractivity contribution is 14.0. The molecule has 11 heteroatoms. The van der Waals surface area contributed by atoms with Crippen LogP contribution < -0.4 is 20.5 Å². The molecular formula is C15H21IN6O4. The third kappa shape index (κ3) is 6.06. The number of hydrogen-bond acceptors (Lipinski definition) is 6. The van der Waals surface area contributed by atoms with Gasteiger partial charge in [0, 0.05) is 6.54 Å². The number of ether oxygens (including phenoxy) is 2. The summed E-state index contributed by atoms with van der Waals surface area (Å²) in [6, 6.07) is 5.51. The molecule has 0 saturated heterocycles. The van der Waals surface area contributed by atoms with Gasteiger partial charge >= 0.3 is 5.69 Å². The van der Waals surface area contributed by atoms with Gasteiger partial charge in [0.2, 0.25) is 0 Å². The van der Waals surface area contributed by atoms with Gasteiger partial charge in [-0.2, -0.15) is 5.10 Å². The van der Waals surface area contributed by atoms with Crippen molar-refractivity contribution in [2.45, 2.75) is 13.1 Å². The van der Waals surface area contributed by atoms with Crippen LogP contribution in [0, 0.1) is 10.1 Å². The fraction of sp³-hybridized carbons (Fsp3) is 0.333. The van der Waals surface area contributed by atoms with Crippen molar-refractivity contribution >= 4 is 35.6 Å². The number of aromatic nitrogens is 2. The molecule has 3 N–H and O–H groups in total. The van der Waals surface area contributed by atoms with Crippen LogP contribution in [0.5, 0.6) is 11.5 Å². The van der Waals surface area contributed by atoms with Gasteiger partial charge in [-0.15, -0.1) is 24.0 Å². The van der Waals surface area contributed by atoms with Gasteiger partial charge in [-0.05, 0) is 17.7 Å². The smallest absolute Gasteiger partial charge is 0.306 e. The molecule has 0 aliphatic rings. The highest BCUT2D eigenvalue weighted by Crippen LogP contribution is 2.27. The molecule has 0 saturated carbocycles. The van der Waals surface area contributed by atoms with Gasteiger partial charge in [-0.1, -0.05) is 6.07 Å². The molecule has 1 aromatic heterocycles. The molecule has 0 aliphatic carbocycles. The van der Waals surface area contributed by atoms with E-state index in [1.165, 1.54) is 17.1 Å². The average molecular weight is 476 g/mol.